The number of rotatable bonds is 5. The molecule has 2 aromatic carbocycles. The minimum atomic E-state index is -1.05. The average molecular weight is 366 g/mol. The Kier molecular flexibility index (Phi) is 4.72. The molecule has 0 saturated carbocycles. The first kappa shape index (κ1) is 19.0. The first-order valence-corrected chi connectivity index (χ1v) is 9.08. The van der Waals surface area contributed by atoms with Crippen molar-refractivity contribution < 1.29 is 14.7 Å². The van der Waals surface area contributed by atoms with E-state index in [1.807, 2.05) is 36.4 Å². The molecule has 5 nitrogen and oxygen atoms in total. The maximum Gasteiger partial charge on any atom is 0.328 e. The lowest BCUT2D eigenvalue weighted by Gasteiger charge is -2.41. The summed E-state index contributed by atoms with van der Waals surface area (Å²) in [6.45, 7) is 7.68. The average Bonchev–Trinajstić information content (AvgIpc) is 2.59. The molecule has 1 aliphatic rings. The number of carboxylic acid groups (broad SMARTS) is 1. The van der Waals surface area contributed by atoms with E-state index in [0.717, 1.165) is 35.2 Å². The Morgan fingerprint density at radius 1 is 1.26 bits per heavy atom. The van der Waals surface area contributed by atoms with Crippen LogP contribution in [0.15, 0.2) is 42.5 Å². The summed E-state index contributed by atoms with van der Waals surface area (Å²) in [5, 5.41) is 16.1. The highest BCUT2D eigenvalue weighted by Gasteiger charge is 2.36. The van der Waals surface area contributed by atoms with Crippen LogP contribution in [0.5, 0.6) is 0 Å². The zero-order valence-corrected chi connectivity index (χ0v) is 16.2. The predicted molar refractivity (Wildman–Crippen MR) is 107 cm³/mol. The van der Waals surface area contributed by atoms with Crippen molar-refractivity contribution in [1.82, 2.24) is 0 Å². The smallest absolute Gasteiger partial charge is 0.328 e. The highest BCUT2D eigenvalue weighted by molar-refractivity contribution is 5.81. The van der Waals surface area contributed by atoms with Crippen LogP contribution in [0.2, 0.25) is 0 Å². The lowest BCUT2D eigenvalue weighted by molar-refractivity contribution is -0.141. The van der Waals surface area contributed by atoms with Crippen LogP contribution in [0, 0.1) is 5.41 Å². The third-order valence-electron chi connectivity index (χ3n) is 5.20. The minimum Gasteiger partial charge on any atom is -0.480 e. The van der Waals surface area contributed by atoms with Gasteiger partial charge in [-0.3, -0.25) is 4.79 Å². The Labute approximate surface area is 159 Å². The first-order chi connectivity index (χ1) is 12.6. The van der Waals surface area contributed by atoms with Crippen molar-refractivity contribution in [3.8, 4) is 0 Å². The number of carboxylic acids is 1. The molecular formula is C22H26N2O3. The van der Waals surface area contributed by atoms with Crippen molar-refractivity contribution in [3.05, 3.63) is 59.2 Å². The fraction of sp³-hybridized carbons (Fsp3) is 0.364. The topological polar surface area (TPSA) is 78.4 Å². The Balaban J connectivity index is 1.92. The molecule has 0 aliphatic carbocycles. The number of fused-ring (bicyclic) bond motifs is 1. The molecule has 0 radical (unpaired) electrons. The van der Waals surface area contributed by atoms with Crippen molar-refractivity contribution in [3.63, 3.8) is 0 Å². The van der Waals surface area contributed by atoms with Crippen LogP contribution < -0.4 is 10.6 Å². The fourth-order valence-electron chi connectivity index (χ4n) is 3.66. The van der Waals surface area contributed by atoms with Crippen LogP contribution >= 0.6 is 0 Å². The zero-order chi connectivity index (χ0) is 19.8. The van der Waals surface area contributed by atoms with Crippen LogP contribution in [-0.4, -0.2) is 22.9 Å². The number of benzene rings is 2. The Morgan fingerprint density at radius 3 is 2.67 bits per heavy atom. The summed E-state index contributed by atoms with van der Waals surface area (Å²) in [4.78, 5) is 22.5. The normalized spacial score (nSPS) is 18.1. The molecule has 3 rings (SSSR count). The van der Waals surface area contributed by atoms with Gasteiger partial charge >= 0.3 is 5.97 Å². The van der Waals surface area contributed by atoms with Crippen molar-refractivity contribution in [1.29, 1.82) is 0 Å². The number of anilines is 2. The SMILES string of the molecule is CC(C)(Nc1cccc(C2Nc3ccc(C=O)cc3CC2(C)C)c1)C(=O)O. The number of carbonyl (C=O) groups excluding carboxylic acids is 1. The molecule has 1 unspecified atom stereocenters. The van der Waals surface area contributed by atoms with Gasteiger partial charge in [-0.1, -0.05) is 26.0 Å². The number of aliphatic carboxylic acids is 1. The third kappa shape index (κ3) is 3.82. The summed E-state index contributed by atoms with van der Waals surface area (Å²) in [7, 11) is 0. The fourth-order valence-corrected chi connectivity index (χ4v) is 3.66. The monoisotopic (exact) mass is 366 g/mol. The van der Waals surface area contributed by atoms with Gasteiger partial charge in [0.25, 0.3) is 0 Å². The van der Waals surface area contributed by atoms with E-state index in [9.17, 15) is 14.7 Å². The van der Waals surface area contributed by atoms with Gasteiger partial charge in [0.1, 0.15) is 11.8 Å². The van der Waals surface area contributed by atoms with Crippen molar-refractivity contribution in [2.75, 3.05) is 10.6 Å². The largest absolute Gasteiger partial charge is 0.480 e. The summed E-state index contributed by atoms with van der Waals surface area (Å²) in [5.74, 6) is -0.899. The summed E-state index contributed by atoms with van der Waals surface area (Å²) in [6.07, 6.45) is 1.72. The highest BCUT2D eigenvalue weighted by atomic mass is 16.4. The number of nitrogens with one attached hydrogen (secondary N) is 2. The van der Waals surface area contributed by atoms with E-state index < -0.39 is 11.5 Å². The second-order valence-corrected chi connectivity index (χ2v) is 8.46. The predicted octanol–water partition coefficient (Wildman–Crippen LogP) is 4.51. The summed E-state index contributed by atoms with van der Waals surface area (Å²) >= 11 is 0. The molecular weight excluding hydrogens is 340 g/mol. The van der Waals surface area contributed by atoms with Crippen molar-refractivity contribution in [2.45, 2.75) is 45.7 Å². The molecule has 1 aliphatic heterocycles. The van der Waals surface area contributed by atoms with Gasteiger partial charge in [-0.25, -0.2) is 4.79 Å². The van der Waals surface area contributed by atoms with Gasteiger partial charge in [0.2, 0.25) is 0 Å². The van der Waals surface area contributed by atoms with Gasteiger partial charge in [0.05, 0.1) is 6.04 Å². The van der Waals surface area contributed by atoms with E-state index in [1.165, 1.54) is 0 Å². The molecule has 5 heteroatoms. The van der Waals surface area contributed by atoms with Gasteiger partial charge in [-0.15, -0.1) is 0 Å². The molecule has 0 saturated heterocycles. The molecule has 1 atom stereocenters. The molecule has 142 valence electrons. The Hall–Kier alpha value is -2.82. The molecule has 0 amide bonds. The quantitative estimate of drug-likeness (QED) is 0.679. The van der Waals surface area contributed by atoms with Crippen LogP contribution in [0.4, 0.5) is 11.4 Å². The van der Waals surface area contributed by atoms with Crippen LogP contribution in [0.1, 0.15) is 55.2 Å². The molecule has 0 spiro atoms. The third-order valence-corrected chi connectivity index (χ3v) is 5.20. The lowest BCUT2D eigenvalue weighted by atomic mass is 9.72. The van der Waals surface area contributed by atoms with Gasteiger partial charge in [0, 0.05) is 16.9 Å². The van der Waals surface area contributed by atoms with Crippen molar-refractivity contribution in [2.24, 2.45) is 5.41 Å². The second kappa shape index (κ2) is 6.72. The minimum absolute atomic E-state index is 0.0711. The second-order valence-electron chi connectivity index (χ2n) is 8.46. The first-order valence-electron chi connectivity index (χ1n) is 9.08. The molecule has 1 heterocycles. The van der Waals surface area contributed by atoms with Gasteiger partial charge < -0.3 is 15.7 Å². The van der Waals surface area contributed by atoms with E-state index in [-0.39, 0.29) is 11.5 Å². The summed E-state index contributed by atoms with van der Waals surface area (Å²) < 4.78 is 0. The zero-order valence-electron chi connectivity index (χ0n) is 16.2. The van der Waals surface area contributed by atoms with E-state index in [2.05, 4.69) is 30.5 Å². The molecule has 2 aromatic rings. The van der Waals surface area contributed by atoms with Crippen LogP contribution in [0.3, 0.4) is 0 Å². The lowest BCUT2D eigenvalue weighted by Crippen LogP contribution is -2.40. The number of hydrogen-bond donors (Lipinski definition) is 3. The Bertz CT molecular complexity index is 887. The van der Waals surface area contributed by atoms with E-state index in [1.54, 1.807) is 13.8 Å². The number of aldehydes is 1. The molecule has 27 heavy (non-hydrogen) atoms. The van der Waals surface area contributed by atoms with Crippen molar-refractivity contribution >= 4 is 23.6 Å². The Morgan fingerprint density at radius 2 is 2.00 bits per heavy atom. The standard InChI is InChI=1S/C22H26N2O3/c1-21(2)12-16-10-14(13-25)8-9-18(16)23-19(21)15-6-5-7-17(11-15)24-22(3,4)20(26)27/h5-11,13,19,23-24H,12H2,1-4H3,(H,26,27). The maximum absolute atomic E-state index is 11.4. The van der Waals surface area contributed by atoms with Crippen LogP contribution in [0.25, 0.3) is 0 Å². The molecule has 0 fully saturated rings. The number of carbonyl (C=O) groups is 2. The number of hydrogen-bond acceptors (Lipinski definition) is 4. The maximum atomic E-state index is 11.4. The molecule has 3 N–H and O–H groups in total. The van der Waals surface area contributed by atoms with E-state index in [4.69, 9.17) is 0 Å². The van der Waals surface area contributed by atoms with Gasteiger partial charge in [-0.05, 0) is 67.1 Å². The van der Waals surface area contributed by atoms with Gasteiger partial charge in [0.15, 0.2) is 0 Å². The molecule has 0 aromatic heterocycles. The summed E-state index contributed by atoms with van der Waals surface area (Å²) in [6, 6.07) is 13.7. The van der Waals surface area contributed by atoms with E-state index >= 15 is 0 Å². The van der Waals surface area contributed by atoms with Crippen LogP contribution in [-0.2, 0) is 11.2 Å². The van der Waals surface area contributed by atoms with E-state index in [0.29, 0.717) is 5.56 Å². The highest BCUT2D eigenvalue weighted by Crippen LogP contribution is 2.45. The van der Waals surface area contributed by atoms with Gasteiger partial charge in [-0.2, -0.15) is 0 Å². The summed E-state index contributed by atoms with van der Waals surface area (Å²) in [5.41, 5.74) is 3.61. The molecule has 0 bridgehead atoms.